The third-order valence-electron chi connectivity index (χ3n) is 3.56. The molecule has 0 aliphatic carbocycles. The van der Waals surface area contributed by atoms with Crippen LogP contribution >= 0.6 is 11.6 Å². The van der Waals surface area contributed by atoms with Crippen molar-refractivity contribution in [3.63, 3.8) is 0 Å². The summed E-state index contributed by atoms with van der Waals surface area (Å²) in [4.78, 5) is 13.5. The maximum atomic E-state index is 15.1. The molecule has 0 unspecified atom stereocenters. The summed E-state index contributed by atoms with van der Waals surface area (Å²) in [5.74, 6) is 0. The molecule has 1 aliphatic rings. The molecule has 1 aliphatic heterocycles. The zero-order valence-electron chi connectivity index (χ0n) is 12.7. The molecule has 1 heterocycles. The van der Waals surface area contributed by atoms with Crippen molar-refractivity contribution in [3.8, 4) is 0 Å². The van der Waals surface area contributed by atoms with Crippen LogP contribution in [0.4, 0.5) is 9.18 Å². The molecule has 0 radical (unpaired) electrons. The first kappa shape index (κ1) is 16.1. The molecule has 5 heteroatoms. The van der Waals surface area contributed by atoms with Gasteiger partial charge in [-0.3, -0.25) is 0 Å². The van der Waals surface area contributed by atoms with Gasteiger partial charge < -0.3 is 9.64 Å². The Morgan fingerprint density at radius 2 is 1.86 bits per heavy atom. The van der Waals surface area contributed by atoms with E-state index in [0.29, 0.717) is 23.7 Å². The first-order valence-electron chi connectivity index (χ1n) is 7.13. The Labute approximate surface area is 130 Å². The number of hydrogen-bond acceptors (Lipinski definition) is 2. The summed E-state index contributed by atoms with van der Waals surface area (Å²) in [5.41, 5.74) is -1.50. The molecule has 1 amide bonds. The normalized spacial score (nSPS) is 18.4. The van der Waals surface area contributed by atoms with E-state index < -0.39 is 11.3 Å². The van der Waals surface area contributed by atoms with Gasteiger partial charge in [-0.05, 0) is 26.8 Å². The van der Waals surface area contributed by atoms with E-state index in [9.17, 15) is 4.79 Å². The SMILES string of the molecule is CC(C)(C)OC(=O)N1CCC(F)(c2ccccc2Cl)CC1. The highest BCUT2D eigenvalue weighted by Gasteiger charge is 2.39. The maximum absolute atomic E-state index is 15.1. The number of amides is 1. The van der Waals surface area contributed by atoms with E-state index >= 15 is 4.39 Å². The van der Waals surface area contributed by atoms with Crippen LogP contribution in [0.2, 0.25) is 5.02 Å². The fourth-order valence-electron chi connectivity index (χ4n) is 2.46. The van der Waals surface area contributed by atoms with Crippen molar-refractivity contribution >= 4 is 17.7 Å². The Balaban J connectivity index is 2.03. The lowest BCUT2D eigenvalue weighted by molar-refractivity contribution is 0.00223. The summed E-state index contributed by atoms with van der Waals surface area (Å²) in [7, 11) is 0. The standard InChI is InChI=1S/C16H21ClFNO2/c1-15(2,3)21-14(20)19-10-8-16(18,9-11-19)12-6-4-5-7-13(12)17/h4-7H,8-11H2,1-3H3. The second kappa shape index (κ2) is 5.84. The van der Waals surface area contributed by atoms with Crippen molar-refractivity contribution in [2.45, 2.75) is 44.9 Å². The van der Waals surface area contributed by atoms with Crippen LogP contribution in [0.5, 0.6) is 0 Å². The van der Waals surface area contributed by atoms with Crippen LogP contribution in [-0.4, -0.2) is 29.7 Å². The maximum Gasteiger partial charge on any atom is 0.410 e. The lowest BCUT2D eigenvalue weighted by atomic mass is 9.86. The molecule has 0 aromatic heterocycles. The van der Waals surface area contributed by atoms with Crippen molar-refractivity contribution < 1.29 is 13.9 Å². The minimum atomic E-state index is -1.48. The molecule has 21 heavy (non-hydrogen) atoms. The first-order chi connectivity index (χ1) is 9.71. The minimum absolute atomic E-state index is 0.232. The molecular weight excluding hydrogens is 293 g/mol. The van der Waals surface area contributed by atoms with Gasteiger partial charge in [0, 0.05) is 36.5 Å². The summed E-state index contributed by atoms with van der Waals surface area (Å²) in [6.07, 6.45) is 0.0788. The number of rotatable bonds is 1. The van der Waals surface area contributed by atoms with Crippen LogP contribution in [0.1, 0.15) is 39.2 Å². The summed E-state index contributed by atoms with van der Waals surface area (Å²) in [5, 5.41) is 0.436. The van der Waals surface area contributed by atoms with Gasteiger partial charge in [-0.15, -0.1) is 0 Å². The Bertz CT molecular complexity index is 519. The molecule has 1 saturated heterocycles. The van der Waals surface area contributed by atoms with Crippen molar-refractivity contribution in [1.82, 2.24) is 4.90 Å². The lowest BCUT2D eigenvalue weighted by Gasteiger charge is -2.37. The van der Waals surface area contributed by atoms with E-state index in [2.05, 4.69) is 0 Å². The van der Waals surface area contributed by atoms with E-state index in [1.54, 1.807) is 29.2 Å². The second-order valence-corrected chi connectivity index (χ2v) is 6.82. The van der Waals surface area contributed by atoms with E-state index in [-0.39, 0.29) is 18.9 Å². The van der Waals surface area contributed by atoms with Gasteiger partial charge in [0.15, 0.2) is 0 Å². The Morgan fingerprint density at radius 3 is 2.38 bits per heavy atom. The molecule has 0 spiro atoms. The summed E-state index contributed by atoms with van der Waals surface area (Å²) >= 11 is 6.09. The smallest absolute Gasteiger partial charge is 0.410 e. The molecule has 0 N–H and O–H groups in total. The number of benzene rings is 1. The number of hydrogen-bond donors (Lipinski definition) is 0. The average molecular weight is 314 g/mol. The zero-order chi connectivity index (χ0) is 15.7. The molecule has 0 atom stereocenters. The molecule has 2 rings (SSSR count). The van der Waals surface area contributed by atoms with Crippen molar-refractivity contribution in [2.75, 3.05) is 13.1 Å². The highest BCUT2D eigenvalue weighted by Crippen LogP contribution is 2.40. The van der Waals surface area contributed by atoms with Gasteiger partial charge >= 0.3 is 6.09 Å². The highest BCUT2D eigenvalue weighted by molar-refractivity contribution is 6.31. The minimum Gasteiger partial charge on any atom is -0.444 e. The molecular formula is C16H21ClFNO2. The lowest BCUT2D eigenvalue weighted by Crippen LogP contribution is -2.45. The van der Waals surface area contributed by atoms with Crippen LogP contribution in [0, 0.1) is 0 Å². The number of likely N-dealkylation sites (tertiary alicyclic amines) is 1. The van der Waals surface area contributed by atoms with Gasteiger partial charge in [0.05, 0.1) is 0 Å². The Hall–Kier alpha value is -1.29. The molecule has 0 saturated carbocycles. The monoisotopic (exact) mass is 313 g/mol. The quantitative estimate of drug-likeness (QED) is 0.762. The number of ether oxygens (including phenoxy) is 1. The van der Waals surface area contributed by atoms with Crippen LogP contribution < -0.4 is 0 Å². The number of halogens is 2. The van der Waals surface area contributed by atoms with E-state index in [1.807, 2.05) is 20.8 Å². The van der Waals surface area contributed by atoms with Crippen LogP contribution in [0.15, 0.2) is 24.3 Å². The van der Waals surface area contributed by atoms with E-state index in [0.717, 1.165) is 0 Å². The van der Waals surface area contributed by atoms with Crippen molar-refractivity contribution in [3.05, 3.63) is 34.9 Å². The Kier molecular flexibility index (Phi) is 4.47. The fraction of sp³-hybridized carbons (Fsp3) is 0.562. The molecule has 3 nitrogen and oxygen atoms in total. The Morgan fingerprint density at radius 1 is 1.29 bits per heavy atom. The summed E-state index contributed by atoms with van der Waals surface area (Å²) in [6.45, 7) is 6.11. The van der Waals surface area contributed by atoms with Crippen molar-refractivity contribution in [2.24, 2.45) is 0 Å². The van der Waals surface area contributed by atoms with Gasteiger partial charge in [0.2, 0.25) is 0 Å². The third-order valence-corrected chi connectivity index (χ3v) is 3.89. The number of piperidine rings is 1. The number of nitrogens with zero attached hydrogens (tertiary/aromatic N) is 1. The predicted octanol–water partition coefficient (Wildman–Crippen LogP) is 4.54. The predicted molar refractivity (Wildman–Crippen MR) is 81.3 cm³/mol. The van der Waals surface area contributed by atoms with Gasteiger partial charge in [-0.2, -0.15) is 0 Å². The molecule has 116 valence electrons. The largest absolute Gasteiger partial charge is 0.444 e. The van der Waals surface area contributed by atoms with E-state index in [4.69, 9.17) is 16.3 Å². The first-order valence-corrected chi connectivity index (χ1v) is 7.51. The number of alkyl halides is 1. The molecule has 1 aromatic carbocycles. The van der Waals surface area contributed by atoms with E-state index in [1.165, 1.54) is 0 Å². The number of carbonyl (C=O) groups excluding carboxylic acids is 1. The van der Waals surface area contributed by atoms with Crippen molar-refractivity contribution in [1.29, 1.82) is 0 Å². The summed E-state index contributed by atoms with van der Waals surface area (Å²) < 4.78 is 20.4. The fourth-order valence-corrected chi connectivity index (χ4v) is 2.77. The highest BCUT2D eigenvalue weighted by atomic mass is 35.5. The van der Waals surface area contributed by atoms with Crippen LogP contribution in [0.3, 0.4) is 0 Å². The molecule has 1 aromatic rings. The topological polar surface area (TPSA) is 29.5 Å². The van der Waals surface area contributed by atoms with Gasteiger partial charge in [-0.1, -0.05) is 29.8 Å². The average Bonchev–Trinajstić information content (AvgIpc) is 2.37. The zero-order valence-corrected chi connectivity index (χ0v) is 13.4. The van der Waals surface area contributed by atoms with Gasteiger partial charge in [0.1, 0.15) is 11.3 Å². The second-order valence-electron chi connectivity index (χ2n) is 6.41. The number of carbonyl (C=O) groups is 1. The van der Waals surface area contributed by atoms with Crippen LogP contribution in [-0.2, 0) is 10.4 Å². The summed E-state index contributed by atoms with van der Waals surface area (Å²) in [6, 6.07) is 6.97. The van der Waals surface area contributed by atoms with Crippen LogP contribution in [0.25, 0.3) is 0 Å². The third kappa shape index (κ3) is 3.88. The molecule has 1 fully saturated rings. The molecule has 0 bridgehead atoms. The van der Waals surface area contributed by atoms with Gasteiger partial charge in [0.25, 0.3) is 0 Å². The van der Waals surface area contributed by atoms with Gasteiger partial charge in [-0.25, -0.2) is 9.18 Å².